The highest BCUT2D eigenvalue weighted by atomic mass is 32.2. The molecule has 4 nitrogen and oxygen atoms in total. The highest BCUT2D eigenvalue weighted by Crippen LogP contribution is 2.18. The molecule has 5 heteroatoms. The van der Waals surface area contributed by atoms with Gasteiger partial charge in [-0.05, 0) is 23.8 Å². The summed E-state index contributed by atoms with van der Waals surface area (Å²) in [7, 11) is 0. The lowest BCUT2D eigenvalue weighted by Crippen LogP contribution is -2.48. The van der Waals surface area contributed by atoms with E-state index in [0.29, 0.717) is 5.75 Å². The van der Waals surface area contributed by atoms with Crippen molar-refractivity contribution in [2.45, 2.75) is 11.4 Å². The highest BCUT2D eigenvalue weighted by molar-refractivity contribution is 8.00. The highest BCUT2D eigenvalue weighted by Gasteiger charge is 2.21. The molecule has 0 unspecified atom stereocenters. The molecule has 0 saturated carbocycles. The molecule has 23 heavy (non-hydrogen) atoms. The second-order valence-corrected chi connectivity index (χ2v) is 6.67. The lowest BCUT2D eigenvalue weighted by molar-refractivity contribution is -0.130. The molecule has 1 fully saturated rings. The van der Waals surface area contributed by atoms with Crippen molar-refractivity contribution in [2.24, 2.45) is 0 Å². The standard InChI is InChI=1S/C18H21N3OS/c22-18(15-23-17-6-2-1-3-7-17)21-11-9-20(10-12-21)14-16-5-4-8-19-13-16/h1-8,13H,9-12,14-15H2. The molecule has 1 amide bonds. The molecule has 0 atom stereocenters. The second kappa shape index (κ2) is 8.13. The molecular weight excluding hydrogens is 306 g/mol. The van der Waals surface area contributed by atoms with E-state index in [2.05, 4.69) is 16.0 Å². The number of benzene rings is 1. The molecule has 2 heterocycles. The molecule has 3 rings (SSSR count). The minimum absolute atomic E-state index is 0.236. The van der Waals surface area contributed by atoms with Gasteiger partial charge >= 0.3 is 0 Å². The van der Waals surface area contributed by atoms with E-state index in [4.69, 9.17) is 0 Å². The van der Waals surface area contributed by atoms with Crippen LogP contribution in [-0.4, -0.2) is 52.6 Å². The van der Waals surface area contributed by atoms with Gasteiger partial charge in [0, 0.05) is 50.0 Å². The largest absolute Gasteiger partial charge is 0.339 e. The van der Waals surface area contributed by atoms with E-state index in [1.807, 2.05) is 47.5 Å². The Morgan fingerprint density at radius 1 is 1.04 bits per heavy atom. The Hall–Kier alpha value is -1.85. The molecule has 2 aromatic rings. The zero-order valence-electron chi connectivity index (χ0n) is 13.1. The monoisotopic (exact) mass is 327 g/mol. The number of piperazine rings is 1. The maximum absolute atomic E-state index is 12.3. The van der Waals surface area contributed by atoms with E-state index in [-0.39, 0.29) is 5.91 Å². The van der Waals surface area contributed by atoms with Crippen molar-refractivity contribution in [1.29, 1.82) is 0 Å². The smallest absolute Gasteiger partial charge is 0.233 e. The van der Waals surface area contributed by atoms with Crippen LogP contribution in [0.4, 0.5) is 0 Å². The third-order valence-electron chi connectivity index (χ3n) is 3.96. The van der Waals surface area contributed by atoms with E-state index >= 15 is 0 Å². The van der Waals surface area contributed by atoms with Gasteiger partial charge < -0.3 is 4.90 Å². The van der Waals surface area contributed by atoms with Crippen molar-refractivity contribution >= 4 is 17.7 Å². The number of aromatic nitrogens is 1. The number of nitrogens with zero attached hydrogens (tertiary/aromatic N) is 3. The predicted molar refractivity (Wildman–Crippen MR) is 93.3 cm³/mol. The fourth-order valence-electron chi connectivity index (χ4n) is 2.66. The van der Waals surface area contributed by atoms with Crippen molar-refractivity contribution in [1.82, 2.24) is 14.8 Å². The minimum atomic E-state index is 0.236. The summed E-state index contributed by atoms with van der Waals surface area (Å²) in [6.45, 7) is 4.39. The Bertz CT molecular complexity index is 613. The number of hydrogen-bond acceptors (Lipinski definition) is 4. The third kappa shape index (κ3) is 4.81. The molecule has 1 aliphatic rings. The minimum Gasteiger partial charge on any atom is -0.339 e. The maximum Gasteiger partial charge on any atom is 0.233 e. The summed E-state index contributed by atoms with van der Waals surface area (Å²) in [5.41, 5.74) is 1.23. The topological polar surface area (TPSA) is 36.4 Å². The summed E-state index contributed by atoms with van der Waals surface area (Å²) in [6.07, 6.45) is 3.71. The summed E-state index contributed by atoms with van der Waals surface area (Å²) < 4.78 is 0. The normalized spacial score (nSPS) is 15.6. The van der Waals surface area contributed by atoms with Crippen LogP contribution in [-0.2, 0) is 11.3 Å². The summed E-state index contributed by atoms with van der Waals surface area (Å²) in [5, 5.41) is 0. The molecule has 1 saturated heterocycles. The molecule has 1 aromatic heterocycles. The van der Waals surface area contributed by atoms with Crippen LogP contribution in [0.1, 0.15) is 5.56 Å². The van der Waals surface area contributed by atoms with E-state index in [0.717, 1.165) is 37.6 Å². The zero-order chi connectivity index (χ0) is 15.9. The van der Waals surface area contributed by atoms with Crippen LogP contribution < -0.4 is 0 Å². The molecule has 0 N–H and O–H groups in total. The van der Waals surface area contributed by atoms with Crippen LogP contribution in [0, 0.1) is 0 Å². The summed E-state index contributed by atoms with van der Waals surface area (Å²) in [4.78, 5) is 22.0. The van der Waals surface area contributed by atoms with Crippen LogP contribution in [0.5, 0.6) is 0 Å². The maximum atomic E-state index is 12.3. The average Bonchev–Trinajstić information content (AvgIpc) is 2.62. The van der Waals surface area contributed by atoms with Crippen LogP contribution in [0.3, 0.4) is 0 Å². The van der Waals surface area contributed by atoms with Crippen molar-refractivity contribution in [3.05, 3.63) is 60.4 Å². The third-order valence-corrected chi connectivity index (χ3v) is 4.96. The van der Waals surface area contributed by atoms with Crippen molar-refractivity contribution in [3.8, 4) is 0 Å². The Balaban J connectivity index is 1.42. The number of carbonyl (C=O) groups is 1. The van der Waals surface area contributed by atoms with Crippen molar-refractivity contribution in [2.75, 3.05) is 31.9 Å². The molecule has 1 aliphatic heterocycles. The number of amides is 1. The summed E-state index contributed by atoms with van der Waals surface area (Å²) in [5.74, 6) is 0.756. The second-order valence-electron chi connectivity index (χ2n) is 5.62. The Labute approximate surface area is 141 Å². The van der Waals surface area contributed by atoms with E-state index in [1.54, 1.807) is 18.0 Å². The first-order valence-electron chi connectivity index (χ1n) is 7.88. The molecule has 0 aliphatic carbocycles. The Morgan fingerprint density at radius 2 is 1.83 bits per heavy atom. The quantitative estimate of drug-likeness (QED) is 0.791. The van der Waals surface area contributed by atoms with Gasteiger partial charge in [0.25, 0.3) is 0 Å². The molecule has 120 valence electrons. The average molecular weight is 327 g/mol. The predicted octanol–water partition coefficient (Wildman–Crippen LogP) is 2.52. The van der Waals surface area contributed by atoms with Crippen LogP contribution >= 0.6 is 11.8 Å². The fraction of sp³-hybridized carbons (Fsp3) is 0.333. The van der Waals surface area contributed by atoms with Crippen molar-refractivity contribution in [3.63, 3.8) is 0 Å². The van der Waals surface area contributed by atoms with Gasteiger partial charge in [0.05, 0.1) is 5.75 Å². The molecular formula is C18H21N3OS. The van der Waals surface area contributed by atoms with Gasteiger partial charge in [0.15, 0.2) is 0 Å². The van der Waals surface area contributed by atoms with E-state index in [1.165, 1.54) is 5.56 Å². The number of rotatable bonds is 5. The lowest BCUT2D eigenvalue weighted by atomic mass is 10.2. The summed E-state index contributed by atoms with van der Waals surface area (Å²) >= 11 is 1.61. The molecule has 1 aromatic carbocycles. The summed E-state index contributed by atoms with van der Waals surface area (Å²) in [6, 6.07) is 14.2. The Morgan fingerprint density at radius 3 is 2.52 bits per heavy atom. The first kappa shape index (κ1) is 16.0. The van der Waals surface area contributed by atoms with Gasteiger partial charge in [-0.2, -0.15) is 0 Å². The first-order valence-corrected chi connectivity index (χ1v) is 8.87. The molecule has 0 spiro atoms. The van der Waals surface area contributed by atoms with Gasteiger partial charge in [0.2, 0.25) is 5.91 Å². The van der Waals surface area contributed by atoms with E-state index in [9.17, 15) is 4.79 Å². The van der Waals surface area contributed by atoms with Gasteiger partial charge in [-0.1, -0.05) is 24.3 Å². The molecule has 0 radical (unpaired) electrons. The van der Waals surface area contributed by atoms with Gasteiger partial charge in [0.1, 0.15) is 0 Å². The zero-order valence-corrected chi connectivity index (χ0v) is 13.9. The van der Waals surface area contributed by atoms with E-state index < -0.39 is 0 Å². The van der Waals surface area contributed by atoms with Crippen LogP contribution in [0.2, 0.25) is 0 Å². The molecule has 0 bridgehead atoms. The number of carbonyl (C=O) groups excluding carboxylic acids is 1. The van der Waals surface area contributed by atoms with Crippen LogP contribution in [0.15, 0.2) is 59.8 Å². The first-order chi connectivity index (χ1) is 11.3. The lowest BCUT2D eigenvalue weighted by Gasteiger charge is -2.34. The number of hydrogen-bond donors (Lipinski definition) is 0. The number of thioether (sulfide) groups is 1. The van der Waals surface area contributed by atoms with Gasteiger partial charge in [-0.25, -0.2) is 0 Å². The SMILES string of the molecule is O=C(CSc1ccccc1)N1CCN(Cc2cccnc2)CC1. The van der Waals surface area contributed by atoms with Crippen molar-refractivity contribution < 1.29 is 4.79 Å². The number of pyridine rings is 1. The van der Waals surface area contributed by atoms with Gasteiger partial charge in [-0.3, -0.25) is 14.7 Å². The van der Waals surface area contributed by atoms with Crippen LogP contribution in [0.25, 0.3) is 0 Å². The van der Waals surface area contributed by atoms with Gasteiger partial charge in [-0.15, -0.1) is 11.8 Å². The fourth-order valence-corrected chi connectivity index (χ4v) is 3.48. The Kier molecular flexibility index (Phi) is 5.66.